The summed E-state index contributed by atoms with van der Waals surface area (Å²) in [6.07, 6.45) is 0.690. The molecule has 1 amide bonds. The van der Waals surface area contributed by atoms with Gasteiger partial charge in [-0.2, -0.15) is 0 Å². The summed E-state index contributed by atoms with van der Waals surface area (Å²) in [4.78, 5) is 31.1. The van der Waals surface area contributed by atoms with Crippen molar-refractivity contribution in [3.63, 3.8) is 0 Å². The fourth-order valence-electron chi connectivity index (χ4n) is 4.72. The molecule has 6 rings (SSSR count). The van der Waals surface area contributed by atoms with Gasteiger partial charge in [-0.25, -0.2) is 4.98 Å². The van der Waals surface area contributed by atoms with Crippen LogP contribution in [-0.4, -0.2) is 25.1 Å². The largest absolute Gasteiger partial charge is 0.508 e. The number of phenolic OH excluding ortho intramolecular Hbond substituents is 1. The Hall–Kier alpha value is -4.39. The monoisotopic (exact) mass is 436 g/mol. The molecule has 33 heavy (non-hydrogen) atoms. The van der Waals surface area contributed by atoms with E-state index in [1.165, 1.54) is 12.1 Å². The van der Waals surface area contributed by atoms with Gasteiger partial charge in [-0.1, -0.05) is 30.3 Å². The van der Waals surface area contributed by atoms with Crippen molar-refractivity contribution >= 4 is 33.4 Å². The van der Waals surface area contributed by atoms with Gasteiger partial charge in [0, 0.05) is 23.1 Å². The number of aromatic hydroxyl groups is 1. The molecule has 0 atom stereocenters. The predicted molar refractivity (Wildman–Crippen MR) is 127 cm³/mol. The molecule has 0 saturated carbocycles. The van der Waals surface area contributed by atoms with E-state index in [4.69, 9.17) is 4.98 Å². The zero-order valence-electron chi connectivity index (χ0n) is 17.7. The second-order valence-corrected chi connectivity index (χ2v) is 8.18. The first-order chi connectivity index (χ1) is 16.1. The van der Waals surface area contributed by atoms with Crippen LogP contribution in [0.4, 0.5) is 5.69 Å². The van der Waals surface area contributed by atoms with Gasteiger partial charge in [0.15, 0.2) is 5.82 Å². The van der Waals surface area contributed by atoms with Gasteiger partial charge in [-0.3, -0.25) is 14.2 Å². The molecule has 0 saturated heterocycles. The number of aromatic nitrogens is 3. The lowest BCUT2D eigenvalue weighted by atomic mass is 10.0. The minimum absolute atomic E-state index is 0.0633. The van der Waals surface area contributed by atoms with Crippen molar-refractivity contribution in [2.75, 3.05) is 5.32 Å². The smallest absolute Gasteiger partial charge is 0.261 e. The van der Waals surface area contributed by atoms with Crippen LogP contribution in [0.5, 0.6) is 5.75 Å². The molecule has 0 bridgehead atoms. The van der Waals surface area contributed by atoms with Gasteiger partial charge in [0.1, 0.15) is 12.3 Å². The van der Waals surface area contributed by atoms with Crippen molar-refractivity contribution in [1.29, 1.82) is 0 Å². The van der Waals surface area contributed by atoms with Gasteiger partial charge in [0.05, 0.1) is 16.6 Å². The Balaban J connectivity index is 1.52. The molecule has 7 nitrogen and oxygen atoms in total. The molecule has 2 N–H and O–H groups in total. The third-order valence-electron chi connectivity index (χ3n) is 6.19. The molecule has 7 heteroatoms. The summed E-state index contributed by atoms with van der Waals surface area (Å²) in [6.45, 7) is 0.617. The molecule has 1 aliphatic rings. The number of carbonyl (C=O) groups excluding carboxylic acids is 1. The van der Waals surface area contributed by atoms with Crippen LogP contribution in [0.15, 0.2) is 77.6 Å². The second kappa shape index (κ2) is 7.34. The Kier molecular flexibility index (Phi) is 4.29. The number of fused-ring (bicyclic) bond motifs is 6. The maximum Gasteiger partial charge on any atom is 0.261 e. The molecule has 0 aliphatic carbocycles. The Bertz CT molecular complexity index is 1610. The highest BCUT2D eigenvalue weighted by Gasteiger charge is 2.27. The highest BCUT2D eigenvalue weighted by atomic mass is 16.3. The van der Waals surface area contributed by atoms with Crippen LogP contribution in [0.1, 0.15) is 5.56 Å². The third-order valence-corrected chi connectivity index (χ3v) is 6.19. The second-order valence-electron chi connectivity index (χ2n) is 8.18. The molecule has 3 heterocycles. The minimum atomic E-state index is -0.204. The van der Waals surface area contributed by atoms with Crippen LogP contribution >= 0.6 is 0 Å². The first-order valence-corrected chi connectivity index (χ1v) is 10.8. The normalized spacial score (nSPS) is 12.5. The molecular weight excluding hydrogens is 416 g/mol. The first-order valence-electron chi connectivity index (χ1n) is 10.8. The van der Waals surface area contributed by atoms with E-state index >= 15 is 0 Å². The van der Waals surface area contributed by atoms with Gasteiger partial charge in [0.25, 0.3) is 5.56 Å². The van der Waals surface area contributed by atoms with Crippen molar-refractivity contribution in [2.45, 2.75) is 19.5 Å². The zero-order chi connectivity index (χ0) is 22.5. The van der Waals surface area contributed by atoms with Crippen molar-refractivity contribution in [3.8, 4) is 17.3 Å². The van der Waals surface area contributed by atoms with E-state index in [9.17, 15) is 14.7 Å². The summed E-state index contributed by atoms with van der Waals surface area (Å²) >= 11 is 0. The van der Waals surface area contributed by atoms with E-state index in [0.29, 0.717) is 35.4 Å². The molecule has 162 valence electrons. The van der Waals surface area contributed by atoms with E-state index in [-0.39, 0.29) is 23.8 Å². The number of hydrogen-bond acceptors (Lipinski definition) is 4. The number of aryl methyl sites for hydroxylation is 1. The molecular formula is C26H20N4O3. The van der Waals surface area contributed by atoms with Gasteiger partial charge >= 0.3 is 0 Å². The number of phenols is 1. The molecule has 0 fully saturated rings. The molecule has 2 aromatic heterocycles. The number of amides is 1. The minimum Gasteiger partial charge on any atom is -0.508 e. The van der Waals surface area contributed by atoms with E-state index in [1.807, 2.05) is 41.0 Å². The molecule has 5 aromatic rings. The first kappa shape index (κ1) is 19.3. The van der Waals surface area contributed by atoms with E-state index in [0.717, 1.165) is 22.2 Å². The van der Waals surface area contributed by atoms with E-state index in [1.54, 1.807) is 22.8 Å². The highest BCUT2D eigenvalue weighted by Crippen LogP contribution is 2.36. The van der Waals surface area contributed by atoms with Gasteiger partial charge in [-0.05, 0) is 54.4 Å². The molecule has 3 aromatic carbocycles. The van der Waals surface area contributed by atoms with E-state index in [2.05, 4.69) is 11.4 Å². The molecule has 0 spiro atoms. The Morgan fingerprint density at radius 2 is 1.70 bits per heavy atom. The van der Waals surface area contributed by atoms with Crippen LogP contribution < -0.4 is 10.9 Å². The highest BCUT2D eigenvalue weighted by molar-refractivity contribution is 5.96. The Labute approximate surface area is 188 Å². The van der Waals surface area contributed by atoms with Crippen molar-refractivity contribution in [3.05, 3.63) is 88.7 Å². The maximum absolute atomic E-state index is 13.2. The van der Waals surface area contributed by atoms with Crippen LogP contribution in [-0.2, 0) is 24.3 Å². The summed E-state index contributed by atoms with van der Waals surface area (Å²) < 4.78 is 3.67. The summed E-state index contributed by atoms with van der Waals surface area (Å²) in [5.41, 5.74) is 4.03. The average Bonchev–Trinajstić information content (AvgIpc) is 3.15. The van der Waals surface area contributed by atoms with Crippen molar-refractivity contribution < 1.29 is 9.90 Å². The summed E-state index contributed by atoms with van der Waals surface area (Å²) in [6, 6.07) is 21.7. The van der Waals surface area contributed by atoms with Crippen LogP contribution in [0, 0.1) is 0 Å². The van der Waals surface area contributed by atoms with E-state index < -0.39 is 0 Å². The van der Waals surface area contributed by atoms with Gasteiger partial charge in [-0.15, -0.1) is 0 Å². The van der Waals surface area contributed by atoms with Gasteiger partial charge < -0.3 is 15.0 Å². The standard InChI is InChI=1S/C26H20N4O3/c31-17-11-9-16(10-12-17)27-23(32)15-30-22-8-4-2-5-18(22)19-13-14-29-25(24(19)30)28-21-7-3-1-6-20(21)26(29)33/h1-12,31H,13-15H2,(H,27,32). The predicted octanol–water partition coefficient (Wildman–Crippen LogP) is 3.92. The van der Waals surface area contributed by atoms with Crippen LogP contribution in [0.25, 0.3) is 33.3 Å². The van der Waals surface area contributed by atoms with Crippen LogP contribution in [0.3, 0.4) is 0 Å². The lowest BCUT2D eigenvalue weighted by molar-refractivity contribution is -0.116. The summed E-state index contributed by atoms with van der Waals surface area (Å²) in [7, 11) is 0. The average molecular weight is 436 g/mol. The number of hydrogen-bond donors (Lipinski definition) is 2. The molecule has 1 aliphatic heterocycles. The maximum atomic E-state index is 13.2. The molecule has 0 unspecified atom stereocenters. The Morgan fingerprint density at radius 1 is 0.970 bits per heavy atom. The lowest BCUT2D eigenvalue weighted by Crippen LogP contribution is -2.29. The molecule has 0 radical (unpaired) electrons. The van der Waals surface area contributed by atoms with Crippen LogP contribution in [0.2, 0.25) is 0 Å². The number of benzene rings is 3. The number of para-hydroxylation sites is 2. The number of rotatable bonds is 3. The van der Waals surface area contributed by atoms with Crippen molar-refractivity contribution in [1.82, 2.24) is 14.1 Å². The number of nitrogens with zero attached hydrogens (tertiary/aromatic N) is 3. The third kappa shape index (κ3) is 3.09. The summed E-state index contributed by atoms with van der Waals surface area (Å²) in [5.74, 6) is 0.525. The number of anilines is 1. The number of nitrogens with one attached hydrogen (secondary N) is 1. The quantitative estimate of drug-likeness (QED) is 0.420. The number of carbonyl (C=O) groups is 1. The van der Waals surface area contributed by atoms with Crippen molar-refractivity contribution in [2.24, 2.45) is 0 Å². The van der Waals surface area contributed by atoms with Gasteiger partial charge in [0.2, 0.25) is 5.91 Å². The lowest BCUT2D eigenvalue weighted by Gasteiger charge is -2.21. The fraction of sp³-hybridized carbons (Fsp3) is 0.115. The fourth-order valence-corrected chi connectivity index (χ4v) is 4.72. The SMILES string of the molecule is O=C(Cn1c2c(c3ccccc31)CCn1c-2nc2ccccc2c1=O)Nc1ccc(O)cc1. The summed E-state index contributed by atoms with van der Waals surface area (Å²) in [5, 5.41) is 14.0. The zero-order valence-corrected chi connectivity index (χ0v) is 17.7. The Morgan fingerprint density at radius 3 is 2.52 bits per heavy atom. The topological polar surface area (TPSA) is 89.2 Å².